The van der Waals surface area contributed by atoms with Crippen molar-refractivity contribution in [1.82, 2.24) is 0 Å². The van der Waals surface area contributed by atoms with Gasteiger partial charge in [-0.25, -0.2) is 0 Å². The van der Waals surface area contributed by atoms with Gasteiger partial charge in [0.05, 0.1) is 6.10 Å². The number of furan rings is 1. The van der Waals surface area contributed by atoms with Crippen LogP contribution in [-0.2, 0) is 11.2 Å². The van der Waals surface area contributed by atoms with Gasteiger partial charge in [-0.2, -0.15) is 0 Å². The molecule has 1 atom stereocenters. The summed E-state index contributed by atoms with van der Waals surface area (Å²) in [7, 11) is 0. The number of anilines is 1. The van der Waals surface area contributed by atoms with Gasteiger partial charge in [-0.3, -0.25) is 4.79 Å². The molecule has 0 spiro atoms. The average Bonchev–Trinajstić information content (AvgIpc) is 3.09. The highest BCUT2D eigenvalue weighted by atomic mass is 16.3. The molecule has 0 fully saturated rings. The zero-order valence-corrected chi connectivity index (χ0v) is 13.6. The van der Waals surface area contributed by atoms with Crippen molar-refractivity contribution in [2.75, 3.05) is 5.32 Å². The Labute approximate surface area is 146 Å². The molecule has 1 aromatic heterocycles. The average molecular weight is 333 g/mol. The smallest absolute Gasteiger partial charge is 0.248 e. The van der Waals surface area contributed by atoms with E-state index in [-0.39, 0.29) is 5.91 Å². The van der Waals surface area contributed by atoms with E-state index in [1.54, 1.807) is 18.2 Å². The Morgan fingerprint density at radius 3 is 2.40 bits per heavy atom. The number of nitrogens with one attached hydrogen (secondary N) is 1. The lowest BCUT2D eigenvalue weighted by atomic mass is 10.1. The zero-order chi connectivity index (χ0) is 17.5. The minimum atomic E-state index is -0.620. The highest BCUT2D eigenvalue weighted by Gasteiger charge is 2.10. The third-order valence-corrected chi connectivity index (χ3v) is 3.70. The Bertz CT molecular complexity index is 838. The van der Waals surface area contributed by atoms with E-state index < -0.39 is 6.10 Å². The summed E-state index contributed by atoms with van der Waals surface area (Å²) in [6.07, 6.45) is 2.79. The molecule has 1 unspecified atom stereocenters. The van der Waals surface area contributed by atoms with E-state index in [1.165, 1.54) is 6.08 Å². The number of hydrogen-bond acceptors (Lipinski definition) is 3. The van der Waals surface area contributed by atoms with Crippen molar-refractivity contribution in [2.45, 2.75) is 12.5 Å². The maximum atomic E-state index is 11.9. The Kier molecular flexibility index (Phi) is 5.44. The molecule has 0 aliphatic carbocycles. The SMILES string of the molecule is O=C(C=Cc1ccc(CC(O)c2ccccc2)o1)Nc1ccccc1. The van der Waals surface area contributed by atoms with Crippen molar-refractivity contribution in [2.24, 2.45) is 0 Å². The molecule has 0 aliphatic rings. The molecule has 0 radical (unpaired) electrons. The summed E-state index contributed by atoms with van der Waals surface area (Å²) in [4.78, 5) is 11.9. The molecule has 0 saturated carbocycles. The third-order valence-electron chi connectivity index (χ3n) is 3.70. The predicted molar refractivity (Wildman–Crippen MR) is 97.9 cm³/mol. The van der Waals surface area contributed by atoms with Crippen LogP contribution in [0.3, 0.4) is 0 Å². The van der Waals surface area contributed by atoms with Crippen molar-refractivity contribution < 1.29 is 14.3 Å². The molecule has 126 valence electrons. The number of para-hydroxylation sites is 1. The zero-order valence-electron chi connectivity index (χ0n) is 13.6. The number of hydrogen-bond donors (Lipinski definition) is 2. The van der Waals surface area contributed by atoms with E-state index in [0.717, 1.165) is 11.3 Å². The second kappa shape index (κ2) is 8.13. The molecule has 0 bridgehead atoms. The van der Waals surface area contributed by atoms with Crippen molar-refractivity contribution in [3.8, 4) is 0 Å². The van der Waals surface area contributed by atoms with E-state index in [9.17, 15) is 9.90 Å². The summed E-state index contributed by atoms with van der Waals surface area (Å²) < 4.78 is 5.65. The number of aliphatic hydroxyl groups excluding tert-OH is 1. The summed E-state index contributed by atoms with van der Waals surface area (Å²) >= 11 is 0. The summed E-state index contributed by atoms with van der Waals surface area (Å²) in [6.45, 7) is 0. The van der Waals surface area contributed by atoms with Crippen molar-refractivity contribution in [3.63, 3.8) is 0 Å². The lowest BCUT2D eigenvalue weighted by Crippen LogP contribution is -2.07. The Morgan fingerprint density at radius 1 is 1.00 bits per heavy atom. The molecule has 2 aromatic carbocycles. The van der Waals surface area contributed by atoms with Gasteiger partial charge in [0.1, 0.15) is 11.5 Å². The minimum Gasteiger partial charge on any atom is -0.462 e. The van der Waals surface area contributed by atoms with Gasteiger partial charge in [-0.05, 0) is 35.9 Å². The summed E-state index contributed by atoms with van der Waals surface area (Å²) in [6, 6.07) is 22.3. The van der Waals surface area contributed by atoms with Gasteiger partial charge in [-0.1, -0.05) is 48.5 Å². The number of amides is 1. The van der Waals surface area contributed by atoms with Gasteiger partial charge in [0.2, 0.25) is 5.91 Å². The summed E-state index contributed by atoms with van der Waals surface area (Å²) in [5.41, 5.74) is 1.58. The van der Waals surface area contributed by atoms with E-state index in [4.69, 9.17) is 4.42 Å². The largest absolute Gasteiger partial charge is 0.462 e. The van der Waals surface area contributed by atoms with E-state index in [2.05, 4.69) is 5.32 Å². The second-order valence-corrected chi connectivity index (χ2v) is 5.62. The fourth-order valence-electron chi connectivity index (χ4n) is 2.44. The molecule has 4 heteroatoms. The van der Waals surface area contributed by atoms with Crippen LogP contribution < -0.4 is 5.32 Å². The third kappa shape index (κ3) is 4.93. The van der Waals surface area contributed by atoms with Gasteiger partial charge in [-0.15, -0.1) is 0 Å². The molecule has 3 rings (SSSR count). The van der Waals surface area contributed by atoms with Crippen LogP contribution in [0.25, 0.3) is 6.08 Å². The lowest BCUT2D eigenvalue weighted by molar-refractivity contribution is -0.111. The van der Waals surface area contributed by atoms with Gasteiger partial charge in [0.15, 0.2) is 0 Å². The van der Waals surface area contributed by atoms with Crippen molar-refractivity contribution in [3.05, 3.63) is 96.0 Å². The number of rotatable bonds is 6. The fourth-order valence-corrected chi connectivity index (χ4v) is 2.44. The lowest BCUT2D eigenvalue weighted by Gasteiger charge is -2.08. The van der Waals surface area contributed by atoms with Crippen LogP contribution in [0.5, 0.6) is 0 Å². The molecule has 0 aliphatic heterocycles. The highest BCUT2D eigenvalue weighted by Crippen LogP contribution is 2.20. The quantitative estimate of drug-likeness (QED) is 0.664. The number of aliphatic hydroxyl groups is 1. The molecule has 4 nitrogen and oxygen atoms in total. The summed E-state index contributed by atoms with van der Waals surface area (Å²) in [5.74, 6) is 1.01. The van der Waals surface area contributed by atoms with Crippen LogP contribution in [0.4, 0.5) is 5.69 Å². The first-order valence-corrected chi connectivity index (χ1v) is 8.06. The van der Waals surface area contributed by atoms with Crippen molar-refractivity contribution in [1.29, 1.82) is 0 Å². The number of benzene rings is 2. The first-order chi connectivity index (χ1) is 12.2. The van der Waals surface area contributed by atoms with Crippen LogP contribution in [0.15, 0.2) is 83.3 Å². The van der Waals surface area contributed by atoms with Crippen LogP contribution >= 0.6 is 0 Å². The van der Waals surface area contributed by atoms with E-state index >= 15 is 0 Å². The standard InChI is InChI=1S/C21H19NO3/c23-20(16-7-3-1-4-8-16)15-19-12-11-18(25-19)13-14-21(24)22-17-9-5-2-6-10-17/h1-14,20,23H,15H2,(H,22,24). The van der Waals surface area contributed by atoms with Crippen LogP contribution in [-0.4, -0.2) is 11.0 Å². The topological polar surface area (TPSA) is 62.5 Å². The summed E-state index contributed by atoms with van der Waals surface area (Å²) in [5, 5.41) is 13.0. The van der Waals surface area contributed by atoms with Crippen LogP contribution in [0, 0.1) is 0 Å². The van der Waals surface area contributed by atoms with E-state index in [1.807, 2.05) is 60.7 Å². The maximum Gasteiger partial charge on any atom is 0.248 e. The normalized spacial score (nSPS) is 12.2. The number of carbonyl (C=O) groups excluding carboxylic acids is 1. The van der Waals surface area contributed by atoms with Gasteiger partial charge in [0.25, 0.3) is 0 Å². The molecular formula is C21H19NO3. The van der Waals surface area contributed by atoms with Crippen LogP contribution in [0.2, 0.25) is 0 Å². The molecule has 2 N–H and O–H groups in total. The highest BCUT2D eigenvalue weighted by molar-refractivity contribution is 6.01. The fraction of sp³-hybridized carbons (Fsp3) is 0.0952. The molecule has 0 saturated heterocycles. The first-order valence-electron chi connectivity index (χ1n) is 8.06. The minimum absolute atomic E-state index is 0.228. The predicted octanol–water partition coefficient (Wildman–Crippen LogP) is 4.21. The van der Waals surface area contributed by atoms with Crippen LogP contribution in [0.1, 0.15) is 23.2 Å². The maximum absolute atomic E-state index is 11.9. The molecule has 3 aromatic rings. The second-order valence-electron chi connectivity index (χ2n) is 5.62. The van der Waals surface area contributed by atoms with Gasteiger partial charge >= 0.3 is 0 Å². The van der Waals surface area contributed by atoms with Gasteiger partial charge < -0.3 is 14.8 Å². The number of carbonyl (C=O) groups is 1. The molecule has 25 heavy (non-hydrogen) atoms. The van der Waals surface area contributed by atoms with E-state index in [0.29, 0.717) is 17.9 Å². The first kappa shape index (κ1) is 16.7. The monoisotopic (exact) mass is 333 g/mol. The molecular weight excluding hydrogens is 314 g/mol. The van der Waals surface area contributed by atoms with Crippen molar-refractivity contribution >= 4 is 17.7 Å². The van der Waals surface area contributed by atoms with Gasteiger partial charge in [0, 0.05) is 18.2 Å². The molecule has 1 heterocycles. The molecule has 1 amide bonds. The Morgan fingerprint density at radius 2 is 1.68 bits per heavy atom. The Hall–Kier alpha value is -3.11. The Balaban J connectivity index is 1.57.